The van der Waals surface area contributed by atoms with Crippen LogP contribution in [0.2, 0.25) is 0 Å². The third-order valence-electron chi connectivity index (χ3n) is 1.25. The highest BCUT2D eigenvalue weighted by Gasteiger charge is 2.18. The summed E-state index contributed by atoms with van der Waals surface area (Å²) < 4.78 is 10.4. The molecule has 4 N–H and O–H groups in total. The lowest BCUT2D eigenvalue weighted by Crippen LogP contribution is -2.26. The van der Waals surface area contributed by atoms with E-state index in [0.29, 0.717) is 12.3 Å². The molecule has 0 aliphatic heterocycles. The maximum absolute atomic E-state index is 10.4. The minimum atomic E-state index is -3.90. The van der Waals surface area contributed by atoms with Crippen molar-refractivity contribution in [1.29, 1.82) is 0 Å². The monoisotopic (exact) mass is 181 g/mol. The van der Waals surface area contributed by atoms with Crippen LogP contribution in [0.15, 0.2) is 0 Å². The van der Waals surface area contributed by atoms with Gasteiger partial charge in [-0.15, -0.1) is 0 Å². The van der Waals surface area contributed by atoms with Crippen LogP contribution in [0.4, 0.5) is 0 Å². The van der Waals surface area contributed by atoms with Gasteiger partial charge < -0.3 is 15.5 Å². The van der Waals surface area contributed by atoms with Crippen LogP contribution in [-0.4, -0.2) is 22.0 Å². The lowest BCUT2D eigenvalue weighted by Gasteiger charge is -2.14. The van der Waals surface area contributed by atoms with E-state index in [1.807, 2.05) is 13.8 Å². The highest BCUT2D eigenvalue weighted by atomic mass is 31.2. The molecule has 1 atom stereocenters. The fraction of sp³-hybridized carbons (Fsp3) is 1.00. The van der Waals surface area contributed by atoms with Crippen molar-refractivity contribution in [3.8, 4) is 0 Å². The quantitative estimate of drug-likeness (QED) is 0.552. The summed E-state index contributed by atoms with van der Waals surface area (Å²) in [6.07, 6.45) is 0.455. The molecule has 0 aromatic rings. The minimum Gasteiger partial charge on any atom is -0.327 e. The molecule has 0 unspecified atom stereocenters. The van der Waals surface area contributed by atoms with Crippen LogP contribution in [0.3, 0.4) is 0 Å². The summed E-state index contributed by atoms with van der Waals surface area (Å²) in [5.41, 5.74) is 5.47. The van der Waals surface area contributed by atoms with Crippen LogP contribution in [0.5, 0.6) is 0 Å². The second kappa shape index (κ2) is 4.21. The molecule has 0 radical (unpaired) electrons. The van der Waals surface area contributed by atoms with Gasteiger partial charge in [-0.05, 0) is 12.3 Å². The van der Waals surface area contributed by atoms with Gasteiger partial charge in [0, 0.05) is 6.04 Å². The summed E-state index contributed by atoms with van der Waals surface area (Å²) in [5, 5.41) is 0. The molecular formula is C6H16NO3P. The molecule has 0 rings (SSSR count). The minimum absolute atomic E-state index is 0.203. The fourth-order valence-corrected chi connectivity index (χ4v) is 1.75. The molecule has 0 saturated heterocycles. The van der Waals surface area contributed by atoms with E-state index in [-0.39, 0.29) is 12.2 Å². The summed E-state index contributed by atoms with van der Waals surface area (Å²) in [6.45, 7) is 3.94. The van der Waals surface area contributed by atoms with Gasteiger partial charge in [-0.3, -0.25) is 4.57 Å². The normalized spacial score (nSPS) is 15.5. The molecule has 0 spiro atoms. The van der Waals surface area contributed by atoms with Crippen molar-refractivity contribution in [2.75, 3.05) is 6.16 Å². The largest absolute Gasteiger partial charge is 0.327 e. The first-order valence-corrected chi connectivity index (χ1v) is 5.41. The number of nitrogens with two attached hydrogens (primary N) is 1. The lowest BCUT2D eigenvalue weighted by atomic mass is 10.1. The zero-order valence-electron chi connectivity index (χ0n) is 6.90. The van der Waals surface area contributed by atoms with Gasteiger partial charge in [0.1, 0.15) is 0 Å². The van der Waals surface area contributed by atoms with Gasteiger partial charge in [-0.2, -0.15) is 0 Å². The van der Waals surface area contributed by atoms with Gasteiger partial charge in [0.25, 0.3) is 0 Å². The molecule has 11 heavy (non-hydrogen) atoms. The topological polar surface area (TPSA) is 83.6 Å². The highest BCUT2D eigenvalue weighted by molar-refractivity contribution is 7.51. The molecule has 0 bridgehead atoms. The SMILES string of the molecule is CC(C)C[C@H](N)CP(=O)(O)O. The maximum atomic E-state index is 10.4. The molecule has 0 aliphatic rings. The summed E-state index contributed by atoms with van der Waals surface area (Å²) in [6, 6.07) is -0.379. The van der Waals surface area contributed by atoms with Crippen molar-refractivity contribution in [3.05, 3.63) is 0 Å². The van der Waals surface area contributed by atoms with E-state index < -0.39 is 7.60 Å². The smallest absolute Gasteiger partial charge is 0.327 e. The molecule has 0 saturated carbocycles. The predicted octanol–water partition coefficient (Wildman–Crippen LogP) is 0.537. The molecule has 0 aromatic heterocycles. The second-order valence-corrected chi connectivity index (χ2v) is 4.93. The van der Waals surface area contributed by atoms with Gasteiger partial charge in [-0.25, -0.2) is 0 Å². The van der Waals surface area contributed by atoms with Crippen LogP contribution < -0.4 is 5.73 Å². The zero-order chi connectivity index (χ0) is 9.07. The van der Waals surface area contributed by atoms with Crippen LogP contribution in [-0.2, 0) is 4.57 Å². The van der Waals surface area contributed by atoms with E-state index >= 15 is 0 Å². The molecule has 0 fully saturated rings. The number of hydrogen-bond acceptors (Lipinski definition) is 2. The molecular weight excluding hydrogens is 165 g/mol. The first kappa shape index (κ1) is 11.1. The predicted molar refractivity (Wildman–Crippen MR) is 44.3 cm³/mol. The van der Waals surface area contributed by atoms with E-state index in [1.54, 1.807) is 0 Å². The number of rotatable bonds is 4. The fourth-order valence-electron chi connectivity index (χ4n) is 0.986. The molecule has 0 aliphatic carbocycles. The van der Waals surface area contributed by atoms with E-state index in [1.165, 1.54) is 0 Å². The summed E-state index contributed by atoms with van der Waals surface area (Å²) in [4.78, 5) is 17.1. The Morgan fingerprint density at radius 3 is 2.18 bits per heavy atom. The van der Waals surface area contributed by atoms with E-state index in [2.05, 4.69) is 0 Å². The Morgan fingerprint density at radius 1 is 1.45 bits per heavy atom. The van der Waals surface area contributed by atoms with E-state index in [4.69, 9.17) is 15.5 Å². The lowest BCUT2D eigenvalue weighted by molar-refractivity contribution is 0.364. The maximum Gasteiger partial charge on any atom is 0.327 e. The van der Waals surface area contributed by atoms with Crippen LogP contribution in [0.25, 0.3) is 0 Å². The highest BCUT2D eigenvalue weighted by Crippen LogP contribution is 2.35. The Kier molecular flexibility index (Phi) is 4.26. The second-order valence-electron chi connectivity index (χ2n) is 3.24. The van der Waals surface area contributed by atoms with Crippen LogP contribution >= 0.6 is 7.60 Å². The van der Waals surface area contributed by atoms with Crippen LogP contribution in [0.1, 0.15) is 20.3 Å². The van der Waals surface area contributed by atoms with Crippen molar-refractivity contribution in [2.45, 2.75) is 26.3 Å². The molecule has 0 amide bonds. The molecule has 68 valence electrons. The third-order valence-corrected chi connectivity index (χ3v) is 2.19. The molecule has 0 heterocycles. The van der Waals surface area contributed by atoms with Crippen molar-refractivity contribution in [2.24, 2.45) is 11.7 Å². The standard InChI is InChI=1S/C6H16NO3P/c1-5(2)3-6(7)4-11(8,9)10/h5-6H,3-4,7H2,1-2H3,(H2,8,9,10)/t6-/m0/s1. The van der Waals surface area contributed by atoms with Crippen molar-refractivity contribution >= 4 is 7.60 Å². The van der Waals surface area contributed by atoms with Gasteiger partial charge in [-0.1, -0.05) is 13.8 Å². The van der Waals surface area contributed by atoms with Crippen molar-refractivity contribution < 1.29 is 14.4 Å². The van der Waals surface area contributed by atoms with Crippen molar-refractivity contribution in [1.82, 2.24) is 0 Å². The van der Waals surface area contributed by atoms with Gasteiger partial charge >= 0.3 is 7.60 Å². The zero-order valence-corrected chi connectivity index (χ0v) is 7.79. The van der Waals surface area contributed by atoms with Crippen LogP contribution in [0, 0.1) is 5.92 Å². The van der Waals surface area contributed by atoms with E-state index in [0.717, 1.165) is 0 Å². The Morgan fingerprint density at radius 2 is 1.91 bits per heavy atom. The Hall–Kier alpha value is 0.110. The number of hydrogen-bond donors (Lipinski definition) is 3. The first-order chi connectivity index (χ1) is 4.81. The summed E-state index contributed by atoms with van der Waals surface area (Å²) >= 11 is 0. The van der Waals surface area contributed by atoms with Gasteiger partial charge in [0.2, 0.25) is 0 Å². The molecule has 0 aromatic carbocycles. The molecule has 5 heteroatoms. The van der Waals surface area contributed by atoms with Crippen molar-refractivity contribution in [3.63, 3.8) is 0 Å². The van der Waals surface area contributed by atoms with Gasteiger partial charge in [0.15, 0.2) is 0 Å². The Bertz CT molecular complexity index is 154. The third kappa shape index (κ3) is 8.01. The first-order valence-electron chi connectivity index (χ1n) is 3.61. The molecule has 4 nitrogen and oxygen atoms in total. The summed E-state index contributed by atoms with van der Waals surface area (Å²) in [7, 11) is -3.90. The average molecular weight is 181 g/mol. The van der Waals surface area contributed by atoms with Gasteiger partial charge in [0.05, 0.1) is 6.16 Å². The Labute approximate surface area is 67.0 Å². The average Bonchev–Trinajstić information content (AvgIpc) is 1.53. The van der Waals surface area contributed by atoms with E-state index in [9.17, 15) is 4.57 Å². The Balaban J connectivity index is 3.70. The summed E-state index contributed by atoms with van der Waals surface area (Å²) in [5.74, 6) is 0.386.